The first-order valence-corrected chi connectivity index (χ1v) is 6.94. The second-order valence-electron chi connectivity index (χ2n) is 5.17. The summed E-state index contributed by atoms with van der Waals surface area (Å²) in [5, 5.41) is 20.7. The van der Waals surface area contributed by atoms with Gasteiger partial charge in [0.1, 0.15) is 6.04 Å². The molecule has 0 fully saturated rings. The lowest BCUT2D eigenvalue weighted by molar-refractivity contribution is -0.147. The van der Waals surface area contributed by atoms with Crippen molar-refractivity contribution in [2.45, 2.75) is 24.9 Å². The van der Waals surface area contributed by atoms with Gasteiger partial charge in [-0.3, -0.25) is 9.59 Å². The Kier molecular flexibility index (Phi) is 4.97. The highest BCUT2D eigenvalue weighted by Gasteiger charge is 2.26. The van der Waals surface area contributed by atoms with Crippen molar-refractivity contribution in [3.05, 3.63) is 36.0 Å². The first-order chi connectivity index (χ1) is 10.9. The number of benzene rings is 1. The van der Waals surface area contributed by atoms with E-state index in [-0.39, 0.29) is 6.42 Å². The fraction of sp³-hybridized carbons (Fsp3) is 0.267. The van der Waals surface area contributed by atoms with Crippen molar-refractivity contribution in [3.8, 4) is 0 Å². The maximum absolute atomic E-state index is 12.0. The van der Waals surface area contributed by atoms with Gasteiger partial charge in [0.15, 0.2) is 0 Å². The molecule has 0 aliphatic carbocycles. The molecule has 8 nitrogen and oxygen atoms in total. The van der Waals surface area contributed by atoms with Gasteiger partial charge in [0.05, 0.1) is 12.5 Å². The van der Waals surface area contributed by atoms with Gasteiger partial charge < -0.3 is 26.2 Å². The minimum Gasteiger partial charge on any atom is -0.481 e. The van der Waals surface area contributed by atoms with Gasteiger partial charge in [0.25, 0.3) is 0 Å². The van der Waals surface area contributed by atoms with E-state index in [2.05, 4.69) is 10.3 Å². The number of carboxylic acids is 2. The van der Waals surface area contributed by atoms with E-state index in [9.17, 15) is 14.4 Å². The molecule has 2 rings (SSSR count). The number of hydrogen-bond acceptors (Lipinski definition) is 4. The Morgan fingerprint density at radius 3 is 2.57 bits per heavy atom. The smallest absolute Gasteiger partial charge is 0.326 e. The minimum atomic E-state index is -1.51. The second-order valence-corrected chi connectivity index (χ2v) is 5.17. The average Bonchev–Trinajstić information content (AvgIpc) is 2.89. The van der Waals surface area contributed by atoms with Crippen LogP contribution >= 0.6 is 0 Å². The van der Waals surface area contributed by atoms with Gasteiger partial charge in [-0.25, -0.2) is 4.79 Å². The molecule has 0 aliphatic rings. The van der Waals surface area contributed by atoms with Crippen LogP contribution in [0, 0.1) is 0 Å². The number of aromatic nitrogens is 1. The Balaban J connectivity index is 2.04. The summed E-state index contributed by atoms with van der Waals surface area (Å²) < 4.78 is 0. The number of carbonyl (C=O) groups excluding carboxylic acids is 1. The Hall–Kier alpha value is -2.87. The zero-order valence-electron chi connectivity index (χ0n) is 12.2. The van der Waals surface area contributed by atoms with Gasteiger partial charge in [-0.05, 0) is 18.1 Å². The first-order valence-electron chi connectivity index (χ1n) is 6.94. The van der Waals surface area contributed by atoms with Crippen molar-refractivity contribution in [3.63, 3.8) is 0 Å². The molecule has 0 bridgehead atoms. The number of aliphatic carboxylic acids is 2. The summed E-state index contributed by atoms with van der Waals surface area (Å²) in [5.74, 6) is -3.44. The minimum absolute atomic E-state index is 0.204. The second kappa shape index (κ2) is 6.93. The van der Waals surface area contributed by atoms with Crippen LogP contribution in [0.3, 0.4) is 0 Å². The average molecular weight is 319 g/mol. The number of nitrogens with one attached hydrogen (secondary N) is 2. The highest BCUT2D eigenvalue weighted by molar-refractivity contribution is 5.90. The lowest BCUT2D eigenvalue weighted by atomic mass is 10.0. The summed E-state index contributed by atoms with van der Waals surface area (Å²) >= 11 is 0. The Morgan fingerprint density at radius 2 is 1.91 bits per heavy atom. The first kappa shape index (κ1) is 16.5. The van der Waals surface area contributed by atoms with E-state index < -0.39 is 36.4 Å². The zero-order chi connectivity index (χ0) is 17.0. The van der Waals surface area contributed by atoms with Crippen LogP contribution < -0.4 is 11.1 Å². The third-order valence-corrected chi connectivity index (χ3v) is 3.44. The molecule has 2 atom stereocenters. The van der Waals surface area contributed by atoms with Crippen LogP contribution in [0.5, 0.6) is 0 Å². The molecule has 2 aromatic rings. The third-order valence-electron chi connectivity index (χ3n) is 3.44. The molecule has 1 aromatic carbocycles. The molecule has 0 radical (unpaired) electrons. The van der Waals surface area contributed by atoms with E-state index >= 15 is 0 Å². The lowest BCUT2D eigenvalue weighted by Crippen LogP contribution is -2.49. The topological polar surface area (TPSA) is 146 Å². The Bertz CT molecular complexity index is 740. The number of carbonyl (C=O) groups is 3. The van der Waals surface area contributed by atoms with E-state index in [1.165, 1.54) is 0 Å². The van der Waals surface area contributed by atoms with Crippen molar-refractivity contribution in [2.75, 3.05) is 0 Å². The van der Waals surface area contributed by atoms with E-state index in [1.54, 1.807) is 6.20 Å². The standard InChI is InChI=1S/C15H17N3O5/c16-10(14(21)18-12(15(22)23)6-13(19)20)5-8-7-17-11-4-2-1-3-9(8)11/h1-4,7,10,12,17H,5-6,16H2,(H,18,21)(H,19,20)(H,22,23)/t10-,12-/m0/s1. The Morgan fingerprint density at radius 1 is 1.22 bits per heavy atom. The SMILES string of the molecule is N[C@@H](Cc1c[nH]c2ccccc12)C(=O)N[C@@H](CC(=O)O)C(=O)O. The number of fused-ring (bicyclic) bond motifs is 1. The van der Waals surface area contributed by atoms with Crippen molar-refractivity contribution in [2.24, 2.45) is 5.73 Å². The highest BCUT2D eigenvalue weighted by Crippen LogP contribution is 2.18. The van der Waals surface area contributed by atoms with Crippen LogP contribution in [-0.4, -0.2) is 45.1 Å². The molecule has 0 saturated carbocycles. The molecule has 0 spiro atoms. The summed E-state index contributed by atoms with van der Waals surface area (Å²) in [4.78, 5) is 36.6. The zero-order valence-corrected chi connectivity index (χ0v) is 12.2. The molecule has 0 saturated heterocycles. The molecule has 0 unspecified atom stereocenters. The van der Waals surface area contributed by atoms with Crippen molar-refractivity contribution >= 4 is 28.7 Å². The monoisotopic (exact) mass is 319 g/mol. The number of nitrogens with two attached hydrogens (primary N) is 1. The van der Waals surface area contributed by atoms with Crippen LogP contribution in [-0.2, 0) is 20.8 Å². The van der Waals surface area contributed by atoms with Crippen molar-refractivity contribution < 1.29 is 24.6 Å². The van der Waals surface area contributed by atoms with Crippen LogP contribution in [0.2, 0.25) is 0 Å². The van der Waals surface area contributed by atoms with E-state index in [1.807, 2.05) is 24.3 Å². The summed E-state index contributed by atoms with van der Waals surface area (Å²) in [6.07, 6.45) is 1.24. The molecule has 8 heteroatoms. The largest absolute Gasteiger partial charge is 0.481 e. The van der Waals surface area contributed by atoms with Crippen molar-refractivity contribution in [1.82, 2.24) is 10.3 Å². The van der Waals surface area contributed by atoms with Crippen LogP contribution in [0.4, 0.5) is 0 Å². The van der Waals surface area contributed by atoms with Crippen LogP contribution in [0.25, 0.3) is 10.9 Å². The number of hydrogen-bond donors (Lipinski definition) is 5. The van der Waals surface area contributed by atoms with E-state index in [0.717, 1.165) is 16.5 Å². The predicted molar refractivity (Wildman–Crippen MR) is 81.8 cm³/mol. The van der Waals surface area contributed by atoms with Crippen molar-refractivity contribution in [1.29, 1.82) is 0 Å². The van der Waals surface area contributed by atoms with Crippen LogP contribution in [0.1, 0.15) is 12.0 Å². The molecular formula is C15H17N3O5. The molecule has 1 heterocycles. The molecule has 122 valence electrons. The molecule has 1 aromatic heterocycles. The molecule has 23 heavy (non-hydrogen) atoms. The van der Waals surface area contributed by atoms with Gasteiger partial charge in [0, 0.05) is 17.1 Å². The number of aromatic amines is 1. The van der Waals surface area contributed by atoms with Gasteiger partial charge in [-0.2, -0.15) is 0 Å². The normalized spacial score (nSPS) is 13.4. The summed E-state index contributed by atoms with van der Waals surface area (Å²) in [5.41, 5.74) is 7.55. The molecule has 6 N–H and O–H groups in total. The van der Waals surface area contributed by atoms with Gasteiger partial charge in [0.2, 0.25) is 5.91 Å². The fourth-order valence-corrected chi connectivity index (χ4v) is 2.28. The summed E-state index contributed by atoms with van der Waals surface area (Å²) in [6, 6.07) is 5.02. The maximum Gasteiger partial charge on any atom is 0.326 e. The molecular weight excluding hydrogens is 302 g/mol. The van der Waals surface area contributed by atoms with Gasteiger partial charge in [-0.1, -0.05) is 18.2 Å². The molecule has 0 aliphatic heterocycles. The van der Waals surface area contributed by atoms with E-state index in [0.29, 0.717) is 0 Å². The molecule has 1 amide bonds. The summed E-state index contributed by atoms with van der Waals surface area (Å²) in [6.45, 7) is 0. The number of rotatable bonds is 7. The quantitative estimate of drug-likeness (QED) is 0.488. The number of H-pyrrole nitrogens is 1. The lowest BCUT2D eigenvalue weighted by Gasteiger charge is -2.16. The third kappa shape index (κ3) is 4.07. The number of amides is 1. The summed E-state index contributed by atoms with van der Waals surface area (Å²) in [7, 11) is 0. The highest BCUT2D eigenvalue weighted by atomic mass is 16.4. The maximum atomic E-state index is 12.0. The predicted octanol–water partition coefficient (Wildman–Crippen LogP) is 0.0818. The Labute approximate surface area is 131 Å². The number of para-hydroxylation sites is 1. The van der Waals surface area contributed by atoms with Gasteiger partial charge in [-0.15, -0.1) is 0 Å². The van der Waals surface area contributed by atoms with E-state index in [4.69, 9.17) is 15.9 Å². The number of carboxylic acid groups (broad SMARTS) is 2. The van der Waals surface area contributed by atoms with Crippen LogP contribution in [0.15, 0.2) is 30.5 Å². The van der Waals surface area contributed by atoms with Gasteiger partial charge >= 0.3 is 11.9 Å². The fourth-order valence-electron chi connectivity index (χ4n) is 2.28.